The van der Waals surface area contributed by atoms with Crippen molar-refractivity contribution in [2.75, 3.05) is 13.2 Å². The smallest absolute Gasteiger partial charge is 0.343 e. The summed E-state index contributed by atoms with van der Waals surface area (Å²) >= 11 is 3.35. The summed E-state index contributed by atoms with van der Waals surface area (Å²) in [6.45, 7) is 6.26. The highest BCUT2D eigenvalue weighted by molar-refractivity contribution is 9.10. The van der Waals surface area contributed by atoms with Crippen LogP contribution in [0.2, 0.25) is 0 Å². The quantitative estimate of drug-likeness (QED) is 0.148. The van der Waals surface area contributed by atoms with Crippen molar-refractivity contribution >= 4 is 34.0 Å². The van der Waals surface area contributed by atoms with Gasteiger partial charge in [0, 0.05) is 4.47 Å². The lowest BCUT2D eigenvalue weighted by Crippen LogP contribution is -2.33. The Hall–Kier alpha value is -3.85. The first-order chi connectivity index (χ1) is 17.4. The van der Waals surface area contributed by atoms with Crippen LogP contribution >= 0.6 is 15.9 Å². The summed E-state index contributed by atoms with van der Waals surface area (Å²) in [6.07, 6.45) is 0.719. The molecule has 0 heterocycles. The maximum absolute atomic E-state index is 12.6. The molecule has 3 aromatic carbocycles. The van der Waals surface area contributed by atoms with Gasteiger partial charge in [0.1, 0.15) is 11.5 Å². The number of hydrogen-bond acceptors (Lipinski definition) is 7. The van der Waals surface area contributed by atoms with Crippen molar-refractivity contribution in [3.63, 3.8) is 0 Å². The largest absolute Gasteiger partial charge is 0.494 e. The minimum absolute atomic E-state index is 0.272. The summed E-state index contributed by atoms with van der Waals surface area (Å²) < 4.78 is 23.1. The van der Waals surface area contributed by atoms with Gasteiger partial charge in [0.25, 0.3) is 5.91 Å². The van der Waals surface area contributed by atoms with Crippen LogP contribution in [0.1, 0.15) is 36.7 Å². The molecule has 3 aromatic rings. The number of ether oxygens (including phenoxy) is 4. The molecule has 0 aliphatic carbocycles. The number of halogens is 1. The fourth-order valence-electron chi connectivity index (χ4n) is 3.00. The lowest BCUT2D eigenvalue weighted by Gasteiger charge is -2.13. The first kappa shape index (κ1) is 26.7. The first-order valence-corrected chi connectivity index (χ1v) is 12.2. The van der Waals surface area contributed by atoms with Crippen molar-refractivity contribution in [1.29, 1.82) is 0 Å². The highest BCUT2D eigenvalue weighted by Crippen LogP contribution is 2.29. The Morgan fingerprint density at radius 2 is 1.58 bits per heavy atom. The van der Waals surface area contributed by atoms with Crippen molar-refractivity contribution in [3.8, 4) is 23.0 Å². The van der Waals surface area contributed by atoms with E-state index in [1.54, 1.807) is 61.5 Å². The average Bonchev–Trinajstić information content (AvgIpc) is 2.87. The van der Waals surface area contributed by atoms with Gasteiger partial charge in [-0.3, -0.25) is 4.79 Å². The van der Waals surface area contributed by atoms with Gasteiger partial charge in [-0.25, -0.2) is 10.2 Å². The zero-order valence-electron chi connectivity index (χ0n) is 20.2. The molecular formula is C27H27BrN2O6. The van der Waals surface area contributed by atoms with Crippen LogP contribution in [-0.2, 0) is 4.79 Å². The summed E-state index contributed by atoms with van der Waals surface area (Å²) in [7, 11) is 0. The fourth-order valence-corrected chi connectivity index (χ4v) is 3.27. The Kier molecular flexibility index (Phi) is 9.88. The third-order valence-electron chi connectivity index (χ3n) is 4.76. The number of nitrogens with zero attached hydrogens (tertiary/aromatic N) is 1. The summed E-state index contributed by atoms with van der Waals surface area (Å²) in [4.78, 5) is 24.9. The van der Waals surface area contributed by atoms with E-state index in [1.165, 1.54) is 6.21 Å². The molecule has 0 saturated carbocycles. The number of amides is 1. The molecular weight excluding hydrogens is 528 g/mol. The first-order valence-electron chi connectivity index (χ1n) is 11.4. The van der Waals surface area contributed by atoms with Gasteiger partial charge in [-0.2, -0.15) is 5.10 Å². The van der Waals surface area contributed by atoms with Gasteiger partial charge in [0.2, 0.25) is 0 Å². The molecule has 188 valence electrons. The number of hydrazone groups is 1. The number of hydrogen-bond donors (Lipinski definition) is 1. The third kappa shape index (κ3) is 7.84. The number of esters is 1. The Bertz CT molecular complexity index is 1200. The van der Waals surface area contributed by atoms with Crippen LogP contribution < -0.4 is 24.4 Å². The minimum Gasteiger partial charge on any atom is -0.494 e. The molecule has 0 aromatic heterocycles. The molecule has 0 bridgehead atoms. The third-order valence-corrected chi connectivity index (χ3v) is 5.28. The van der Waals surface area contributed by atoms with Crippen molar-refractivity contribution in [2.45, 2.75) is 26.9 Å². The topological polar surface area (TPSA) is 95.5 Å². The van der Waals surface area contributed by atoms with E-state index < -0.39 is 18.0 Å². The molecule has 8 nitrogen and oxygen atoms in total. The second kappa shape index (κ2) is 13.3. The number of benzene rings is 3. The van der Waals surface area contributed by atoms with E-state index in [2.05, 4.69) is 26.5 Å². The second-order valence-corrected chi connectivity index (χ2v) is 8.35. The van der Waals surface area contributed by atoms with E-state index >= 15 is 0 Å². The number of carbonyl (C=O) groups excluding carboxylic acids is 2. The molecule has 0 saturated heterocycles. The number of rotatable bonds is 11. The monoisotopic (exact) mass is 554 g/mol. The van der Waals surface area contributed by atoms with Gasteiger partial charge < -0.3 is 18.9 Å². The molecule has 9 heteroatoms. The minimum atomic E-state index is -0.744. The number of carbonyl (C=O) groups is 2. The zero-order chi connectivity index (χ0) is 25.9. The lowest BCUT2D eigenvalue weighted by atomic mass is 10.2. The molecule has 1 N–H and O–H groups in total. The summed E-state index contributed by atoms with van der Waals surface area (Å²) in [5, 5.41) is 3.99. The summed E-state index contributed by atoms with van der Waals surface area (Å²) in [5.74, 6) is 0.968. The lowest BCUT2D eigenvalue weighted by molar-refractivity contribution is -0.127. The van der Waals surface area contributed by atoms with Crippen molar-refractivity contribution in [1.82, 2.24) is 5.43 Å². The molecule has 1 amide bonds. The fraction of sp³-hybridized carbons (Fsp3) is 0.222. The van der Waals surface area contributed by atoms with E-state index in [1.807, 2.05) is 26.0 Å². The van der Waals surface area contributed by atoms with Crippen molar-refractivity contribution in [2.24, 2.45) is 5.10 Å². The molecule has 3 rings (SSSR count). The van der Waals surface area contributed by atoms with Crippen LogP contribution in [0.15, 0.2) is 76.3 Å². The highest BCUT2D eigenvalue weighted by atomic mass is 79.9. The summed E-state index contributed by atoms with van der Waals surface area (Å²) in [6, 6.07) is 18.8. The highest BCUT2D eigenvalue weighted by Gasteiger charge is 2.15. The van der Waals surface area contributed by atoms with Gasteiger partial charge in [-0.15, -0.1) is 0 Å². The van der Waals surface area contributed by atoms with Crippen LogP contribution in [-0.4, -0.2) is 37.4 Å². The number of nitrogens with one attached hydrogen (secondary N) is 1. The Labute approximate surface area is 218 Å². The van der Waals surface area contributed by atoms with Crippen LogP contribution in [0.3, 0.4) is 0 Å². The van der Waals surface area contributed by atoms with Crippen LogP contribution in [0, 0.1) is 0 Å². The van der Waals surface area contributed by atoms with Gasteiger partial charge in [0.05, 0.1) is 25.0 Å². The van der Waals surface area contributed by atoms with E-state index in [9.17, 15) is 9.59 Å². The predicted molar refractivity (Wildman–Crippen MR) is 140 cm³/mol. The maximum Gasteiger partial charge on any atom is 0.343 e. The van der Waals surface area contributed by atoms with Gasteiger partial charge >= 0.3 is 5.97 Å². The van der Waals surface area contributed by atoms with Crippen LogP contribution in [0.4, 0.5) is 0 Å². The molecule has 0 radical (unpaired) electrons. The Morgan fingerprint density at radius 1 is 0.917 bits per heavy atom. The predicted octanol–water partition coefficient (Wildman–Crippen LogP) is 5.38. The summed E-state index contributed by atoms with van der Waals surface area (Å²) in [5.41, 5.74) is 3.48. The van der Waals surface area contributed by atoms with Crippen molar-refractivity contribution in [3.05, 3.63) is 82.3 Å². The molecule has 0 aliphatic heterocycles. The van der Waals surface area contributed by atoms with E-state index in [4.69, 9.17) is 18.9 Å². The van der Waals surface area contributed by atoms with E-state index in [0.717, 1.165) is 4.47 Å². The molecule has 1 atom stereocenters. The molecule has 1 unspecified atom stereocenters. The van der Waals surface area contributed by atoms with Crippen LogP contribution in [0.5, 0.6) is 23.0 Å². The second-order valence-electron chi connectivity index (χ2n) is 7.43. The Morgan fingerprint density at radius 3 is 2.25 bits per heavy atom. The van der Waals surface area contributed by atoms with E-state index in [-0.39, 0.29) is 5.75 Å². The van der Waals surface area contributed by atoms with E-state index in [0.29, 0.717) is 41.6 Å². The normalized spacial score (nSPS) is 11.6. The molecule has 0 aliphatic rings. The molecule has 0 spiro atoms. The SMILES string of the molecule is CCOc1ccc(C(=O)Oc2ccc(/C=N/NC(=O)C(C)Oc3ccc(Br)cc3)cc2OCC)cc1. The molecule has 36 heavy (non-hydrogen) atoms. The van der Waals surface area contributed by atoms with Gasteiger partial charge in [-0.1, -0.05) is 15.9 Å². The standard InChI is InChI=1S/C27H27BrN2O6/c1-4-33-22-11-7-20(8-12-22)27(32)36-24-15-6-19(16-25(24)34-5-2)17-29-30-26(31)18(3)35-23-13-9-21(28)10-14-23/h6-18H,4-5H2,1-3H3,(H,30,31)/b29-17+. The molecule has 0 fully saturated rings. The van der Waals surface area contributed by atoms with Crippen molar-refractivity contribution < 1.29 is 28.5 Å². The average molecular weight is 555 g/mol. The van der Waals surface area contributed by atoms with Gasteiger partial charge in [0.15, 0.2) is 17.6 Å². The Balaban J connectivity index is 1.61. The van der Waals surface area contributed by atoms with Crippen LogP contribution in [0.25, 0.3) is 0 Å². The van der Waals surface area contributed by atoms with Gasteiger partial charge in [-0.05, 0) is 93.1 Å². The zero-order valence-corrected chi connectivity index (χ0v) is 21.8. The maximum atomic E-state index is 12.6.